The number of ether oxygens (including phenoxy) is 1. The van der Waals surface area contributed by atoms with E-state index in [1.54, 1.807) is 6.07 Å². The Morgan fingerprint density at radius 2 is 1.94 bits per heavy atom. The summed E-state index contributed by atoms with van der Waals surface area (Å²) in [7, 11) is 0. The third-order valence-corrected chi connectivity index (χ3v) is 2.44. The van der Waals surface area contributed by atoms with E-state index >= 15 is 0 Å². The lowest BCUT2D eigenvalue weighted by molar-refractivity contribution is 0.435. The van der Waals surface area contributed by atoms with Gasteiger partial charge in [0, 0.05) is 24.5 Å². The minimum atomic E-state index is -0.747. The summed E-state index contributed by atoms with van der Waals surface area (Å²) in [6, 6.07) is 4.71. The Hall–Kier alpha value is -1.49. The van der Waals surface area contributed by atoms with E-state index in [4.69, 9.17) is 4.74 Å². The molecule has 0 saturated heterocycles. The first-order chi connectivity index (χ1) is 7.66. The molecule has 0 fully saturated rings. The third-order valence-electron chi connectivity index (χ3n) is 1.85. The van der Waals surface area contributed by atoms with E-state index in [2.05, 4.69) is 20.9 Å². The van der Waals surface area contributed by atoms with Gasteiger partial charge in [0.25, 0.3) is 0 Å². The first kappa shape index (κ1) is 11.0. The molecular formula is C11H6BrF2NO. The highest BCUT2D eigenvalue weighted by atomic mass is 79.9. The number of benzene rings is 1. The molecule has 2 rings (SSSR count). The van der Waals surface area contributed by atoms with Crippen LogP contribution in [-0.4, -0.2) is 4.98 Å². The van der Waals surface area contributed by atoms with Crippen molar-refractivity contribution in [3.63, 3.8) is 0 Å². The van der Waals surface area contributed by atoms with Gasteiger partial charge in [-0.1, -0.05) is 0 Å². The molecule has 0 aliphatic rings. The number of nitrogens with zero attached hydrogens (tertiary/aromatic N) is 1. The molecule has 5 heteroatoms. The molecule has 0 aliphatic carbocycles. The number of rotatable bonds is 2. The van der Waals surface area contributed by atoms with Gasteiger partial charge in [-0.15, -0.1) is 0 Å². The molecule has 0 bridgehead atoms. The summed E-state index contributed by atoms with van der Waals surface area (Å²) in [5.74, 6) is -1.00. The van der Waals surface area contributed by atoms with Gasteiger partial charge in [-0.3, -0.25) is 4.98 Å². The van der Waals surface area contributed by atoms with Gasteiger partial charge in [-0.05, 0) is 28.1 Å². The van der Waals surface area contributed by atoms with Crippen molar-refractivity contribution in [3.8, 4) is 11.5 Å². The van der Waals surface area contributed by atoms with E-state index in [-0.39, 0.29) is 5.75 Å². The summed E-state index contributed by atoms with van der Waals surface area (Å²) in [6.45, 7) is 0. The molecule has 0 aliphatic heterocycles. The van der Waals surface area contributed by atoms with Gasteiger partial charge >= 0.3 is 0 Å². The van der Waals surface area contributed by atoms with Crippen LogP contribution >= 0.6 is 15.9 Å². The molecule has 1 aromatic carbocycles. The van der Waals surface area contributed by atoms with Crippen molar-refractivity contribution in [2.45, 2.75) is 0 Å². The average Bonchev–Trinajstić information content (AvgIpc) is 2.25. The Labute approximate surface area is 99.0 Å². The Morgan fingerprint density at radius 3 is 2.62 bits per heavy atom. The topological polar surface area (TPSA) is 22.1 Å². The molecule has 0 N–H and O–H groups in total. The zero-order chi connectivity index (χ0) is 11.5. The fourth-order valence-corrected chi connectivity index (χ4v) is 1.45. The van der Waals surface area contributed by atoms with Crippen LogP contribution in [0.1, 0.15) is 0 Å². The monoisotopic (exact) mass is 285 g/mol. The molecule has 2 aromatic rings. The number of hydrogen-bond donors (Lipinski definition) is 0. The van der Waals surface area contributed by atoms with Gasteiger partial charge in [0.15, 0.2) is 11.6 Å². The van der Waals surface area contributed by atoms with E-state index in [0.29, 0.717) is 10.2 Å². The Balaban J connectivity index is 2.31. The summed E-state index contributed by atoms with van der Waals surface area (Å²) in [5, 5.41) is 0. The van der Waals surface area contributed by atoms with Crippen molar-refractivity contribution >= 4 is 15.9 Å². The minimum absolute atomic E-state index is 0.0340. The van der Waals surface area contributed by atoms with Crippen molar-refractivity contribution in [2.24, 2.45) is 0 Å². The molecule has 0 unspecified atom stereocenters. The Kier molecular flexibility index (Phi) is 3.14. The highest BCUT2D eigenvalue weighted by Gasteiger charge is 2.08. The molecule has 0 saturated carbocycles. The lowest BCUT2D eigenvalue weighted by Gasteiger charge is -2.07. The zero-order valence-corrected chi connectivity index (χ0v) is 9.54. The largest absolute Gasteiger partial charge is 0.453 e. The van der Waals surface area contributed by atoms with E-state index in [9.17, 15) is 8.78 Å². The molecule has 0 atom stereocenters. The lowest BCUT2D eigenvalue weighted by Crippen LogP contribution is -1.90. The van der Waals surface area contributed by atoms with E-state index in [1.807, 2.05) is 0 Å². The second-order valence-corrected chi connectivity index (χ2v) is 3.84. The van der Waals surface area contributed by atoms with Crippen molar-refractivity contribution in [1.82, 2.24) is 4.98 Å². The fourth-order valence-electron chi connectivity index (χ4n) is 1.12. The highest BCUT2D eigenvalue weighted by Crippen LogP contribution is 2.30. The molecule has 0 amide bonds. The summed E-state index contributed by atoms with van der Waals surface area (Å²) >= 11 is 3.21. The van der Waals surface area contributed by atoms with Gasteiger partial charge in [0.2, 0.25) is 0 Å². The van der Waals surface area contributed by atoms with Gasteiger partial charge < -0.3 is 4.74 Å². The van der Waals surface area contributed by atoms with Crippen LogP contribution in [0.4, 0.5) is 8.78 Å². The molecule has 0 radical (unpaired) electrons. The van der Waals surface area contributed by atoms with E-state index in [0.717, 1.165) is 12.1 Å². The van der Waals surface area contributed by atoms with Crippen LogP contribution in [0.2, 0.25) is 0 Å². The predicted octanol–water partition coefficient (Wildman–Crippen LogP) is 3.91. The maximum Gasteiger partial charge on any atom is 0.168 e. The first-order valence-corrected chi connectivity index (χ1v) is 5.18. The van der Waals surface area contributed by atoms with Crippen LogP contribution in [-0.2, 0) is 0 Å². The van der Waals surface area contributed by atoms with Gasteiger partial charge in [-0.25, -0.2) is 8.78 Å². The van der Waals surface area contributed by atoms with E-state index in [1.165, 1.54) is 18.5 Å². The summed E-state index contributed by atoms with van der Waals surface area (Å²) in [4.78, 5) is 3.84. The summed E-state index contributed by atoms with van der Waals surface area (Å²) in [5.41, 5.74) is 0. The first-order valence-electron chi connectivity index (χ1n) is 4.39. The van der Waals surface area contributed by atoms with Crippen LogP contribution in [0.5, 0.6) is 11.5 Å². The molecule has 0 spiro atoms. The van der Waals surface area contributed by atoms with Gasteiger partial charge in [-0.2, -0.15) is 0 Å². The van der Waals surface area contributed by atoms with Crippen molar-refractivity contribution in [3.05, 3.63) is 52.8 Å². The third kappa shape index (κ3) is 2.36. The minimum Gasteiger partial charge on any atom is -0.453 e. The van der Waals surface area contributed by atoms with E-state index < -0.39 is 11.6 Å². The number of halogens is 3. The standard InChI is InChI=1S/C11H6BrF2NO/c12-8-6-15-4-3-10(8)16-11-2-1-7(13)5-9(11)14/h1-6H. The van der Waals surface area contributed by atoms with Crippen LogP contribution in [0, 0.1) is 11.6 Å². The maximum atomic E-state index is 13.3. The highest BCUT2D eigenvalue weighted by molar-refractivity contribution is 9.10. The lowest BCUT2D eigenvalue weighted by atomic mass is 10.3. The Morgan fingerprint density at radius 1 is 1.12 bits per heavy atom. The predicted molar refractivity (Wildman–Crippen MR) is 58.4 cm³/mol. The molecule has 82 valence electrons. The second-order valence-electron chi connectivity index (χ2n) is 2.98. The molecular weight excluding hydrogens is 280 g/mol. The van der Waals surface area contributed by atoms with Gasteiger partial charge in [0.1, 0.15) is 11.6 Å². The van der Waals surface area contributed by atoms with Crippen LogP contribution in [0.25, 0.3) is 0 Å². The Bertz CT molecular complexity index is 519. The number of pyridine rings is 1. The normalized spacial score (nSPS) is 10.2. The van der Waals surface area contributed by atoms with Gasteiger partial charge in [0.05, 0.1) is 4.47 Å². The summed E-state index contributed by atoms with van der Waals surface area (Å²) in [6.07, 6.45) is 3.04. The second kappa shape index (κ2) is 4.57. The molecule has 2 nitrogen and oxygen atoms in total. The number of aromatic nitrogens is 1. The zero-order valence-electron chi connectivity index (χ0n) is 7.95. The van der Waals surface area contributed by atoms with Crippen molar-refractivity contribution in [2.75, 3.05) is 0 Å². The fraction of sp³-hybridized carbons (Fsp3) is 0. The quantitative estimate of drug-likeness (QED) is 0.835. The van der Waals surface area contributed by atoms with Crippen LogP contribution in [0.3, 0.4) is 0 Å². The van der Waals surface area contributed by atoms with Crippen LogP contribution < -0.4 is 4.74 Å². The van der Waals surface area contributed by atoms with Crippen molar-refractivity contribution < 1.29 is 13.5 Å². The number of hydrogen-bond acceptors (Lipinski definition) is 2. The molecule has 1 heterocycles. The SMILES string of the molecule is Fc1ccc(Oc2ccncc2Br)c(F)c1. The maximum absolute atomic E-state index is 13.3. The average molecular weight is 286 g/mol. The van der Waals surface area contributed by atoms with Crippen molar-refractivity contribution in [1.29, 1.82) is 0 Å². The molecule has 16 heavy (non-hydrogen) atoms. The summed E-state index contributed by atoms with van der Waals surface area (Å²) < 4.78 is 31.8. The van der Waals surface area contributed by atoms with Crippen LogP contribution in [0.15, 0.2) is 41.1 Å². The smallest absolute Gasteiger partial charge is 0.168 e. The molecule has 1 aromatic heterocycles.